The monoisotopic (exact) mass is 456 g/mol. The van der Waals surface area contributed by atoms with Crippen LogP contribution in [0.3, 0.4) is 0 Å². The van der Waals surface area contributed by atoms with E-state index in [1.807, 2.05) is 72.8 Å². The molecule has 0 aliphatic carbocycles. The number of para-hydroxylation sites is 2. The van der Waals surface area contributed by atoms with Crippen molar-refractivity contribution in [3.63, 3.8) is 0 Å². The van der Waals surface area contributed by atoms with Crippen LogP contribution in [0.2, 0.25) is 0 Å². The quantitative estimate of drug-likeness (QED) is 0.601. The van der Waals surface area contributed by atoms with Gasteiger partial charge in [-0.2, -0.15) is 0 Å². The van der Waals surface area contributed by atoms with E-state index in [0.29, 0.717) is 12.4 Å². The first-order valence-corrected chi connectivity index (χ1v) is 11.6. The van der Waals surface area contributed by atoms with E-state index < -0.39 is 0 Å². The zero-order chi connectivity index (χ0) is 23.3. The Labute approximate surface area is 199 Å². The highest BCUT2D eigenvalue weighted by molar-refractivity contribution is 5.97. The number of urea groups is 1. The summed E-state index contributed by atoms with van der Waals surface area (Å²) in [5.74, 6) is 1.25. The molecule has 0 aromatic heterocycles. The van der Waals surface area contributed by atoms with Crippen LogP contribution in [-0.2, 0) is 4.79 Å². The van der Waals surface area contributed by atoms with Crippen LogP contribution in [0.4, 0.5) is 10.5 Å². The number of carbonyl (C=O) groups excluding carboxylic acids is 2. The van der Waals surface area contributed by atoms with Gasteiger partial charge >= 0.3 is 6.03 Å². The summed E-state index contributed by atoms with van der Waals surface area (Å²) in [6, 6.07) is 26.7. The summed E-state index contributed by atoms with van der Waals surface area (Å²) >= 11 is 0. The van der Waals surface area contributed by atoms with E-state index in [4.69, 9.17) is 4.74 Å². The molecule has 1 atom stereocenters. The smallest absolute Gasteiger partial charge is 0.325 e. The van der Waals surface area contributed by atoms with E-state index in [-0.39, 0.29) is 24.4 Å². The van der Waals surface area contributed by atoms with Crippen LogP contribution in [0.25, 0.3) is 0 Å². The van der Waals surface area contributed by atoms with Gasteiger partial charge in [0.05, 0.1) is 19.1 Å². The molecule has 3 aromatic carbocycles. The lowest BCUT2D eigenvalue weighted by atomic mass is 10.0. The second-order valence-electron chi connectivity index (χ2n) is 8.60. The Bertz CT molecular complexity index is 1110. The molecule has 0 radical (unpaired) electrons. The van der Waals surface area contributed by atoms with Crippen molar-refractivity contribution >= 4 is 17.6 Å². The summed E-state index contributed by atoms with van der Waals surface area (Å²) in [5.41, 5.74) is 2.06. The van der Waals surface area contributed by atoms with Crippen LogP contribution in [0.1, 0.15) is 18.0 Å². The third-order valence-corrected chi connectivity index (χ3v) is 6.30. The lowest BCUT2D eigenvalue weighted by molar-refractivity contribution is -0.132. The van der Waals surface area contributed by atoms with Gasteiger partial charge in [0.1, 0.15) is 11.5 Å². The van der Waals surface area contributed by atoms with Gasteiger partial charge in [-0.1, -0.05) is 48.5 Å². The molecule has 3 amide bonds. The number of anilines is 1. The van der Waals surface area contributed by atoms with Crippen LogP contribution in [0.15, 0.2) is 84.9 Å². The normalized spacial score (nSPS) is 19.1. The maximum Gasteiger partial charge on any atom is 0.325 e. The molecule has 0 spiro atoms. The topological polar surface area (TPSA) is 65.1 Å². The minimum atomic E-state index is -0.370. The fourth-order valence-corrected chi connectivity index (χ4v) is 4.43. The van der Waals surface area contributed by atoms with E-state index in [1.54, 1.807) is 0 Å². The van der Waals surface area contributed by atoms with Gasteiger partial charge in [0.2, 0.25) is 5.91 Å². The number of nitrogens with one attached hydrogen (secondary N) is 1. The number of piperazine rings is 1. The highest BCUT2D eigenvalue weighted by Crippen LogP contribution is 2.28. The van der Waals surface area contributed by atoms with Gasteiger partial charge in [-0.05, 0) is 42.0 Å². The maximum atomic E-state index is 12.9. The fraction of sp³-hybridized carbons (Fsp3) is 0.259. The third-order valence-electron chi connectivity index (χ3n) is 6.30. The van der Waals surface area contributed by atoms with Crippen molar-refractivity contribution in [1.29, 1.82) is 0 Å². The van der Waals surface area contributed by atoms with Crippen molar-refractivity contribution < 1.29 is 14.3 Å². The minimum Gasteiger partial charge on any atom is -0.457 e. The van der Waals surface area contributed by atoms with Crippen molar-refractivity contribution in [3.8, 4) is 11.5 Å². The van der Waals surface area contributed by atoms with Gasteiger partial charge in [-0.3, -0.25) is 14.6 Å². The Morgan fingerprint density at radius 1 is 0.794 bits per heavy atom. The lowest BCUT2D eigenvalue weighted by Gasteiger charge is -2.39. The van der Waals surface area contributed by atoms with Crippen molar-refractivity contribution in [3.05, 3.63) is 90.5 Å². The molecule has 0 saturated carbocycles. The Morgan fingerprint density at radius 3 is 2.18 bits per heavy atom. The second kappa shape index (κ2) is 9.97. The lowest BCUT2D eigenvalue weighted by Crippen LogP contribution is -2.57. The molecule has 2 aliphatic heterocycles. The summed E-state index contributed by atoms with van der Waals surface area (Å²) in [4.78, 5) is 31.6. The highest BCUT2D eigenvalue weighted by Gasteiger charge is 2.34. The predicted octanol–water partition coefficient (Wildman–Crippen LogP) is 4.24. The summed E-state index contributed by atoms with van der Waals surface area (Å²) in [6.07, 6.45) is 0.227. The molecule has 2 saturated heterocycles. The van der Waals surface area contributed by atoms with Crippen LogP contribution in [0, 0.1) is 0 Å². The van der Waals surface area contributed by atoms with Crippen molar-refractivity contribution in [2.45, 2.75) is 12.5 Å². The number of imide groups is 1. The molecule has 3 aromatic rings. The molecule has 1 N–H and O–H groups in total. The van der Waals surface area contributed by atoms with Gasteiger partial charge in [-0.25, -0.2) is 4.79 Å². The molecular weight excluding hydrogens is 428 g/mol. The van der Waals surface area contributed by atoms with Crippen LogP contribution < -0.4 is 15.0 Å². The van der Waals surface area contributed by atoms with E-state index in [1.165, 1.54) is 10.6 Å². The first-order chi connectivity index (χ1) is 16.7. The molecule has 7 heteroatoms. The van der Waals surface area contributed by atoms with Crippen molar-refractivity contribution in [2.75, 3.05) is 37.7 Å². The van der Waals surface area contributed by atoms with Gasteiger partial charge in [0.15, 0.2) is 0 Å². The Hall–Kier alpha value is -3.84. The molecule has 2 heterocycles. The molecule has 0 unspecified atom stereocenters. The van der Waals surface area contributed by atoms with Crippen molar-refractivity contribution in [1.82, 2.24) is 15.1 Å². The first-order valence-electron chi connectivity index (χ1n) is 11.6. The van der Waals surface area contributed by atoms with Gasteiger partial charge in [0.25, 0.3) is 0 Å². The average Bonchev–Trinajstić information content (AvgIpc) is 2.88. The summed E-state index contributed by atoms with van der Waals surface area (Å²) in [6.45, 7) is 3.65. The third kappa shape index (κ3) is 5.05. The molecule has 7 nitrogen and oxygen atoms in total. The molecule has 2 aliphatic rings. The predicted molar refractivity (Wildman–Crippen MR) is 131 cm³/mol. The van der Waals surface area contributed by atoms with Gasteiger partial charge in [-0.15, -0.1) is 0 Å². The molecule has 2 fully saturated rings. The molecular formula is C27H28N4O3. The van der Waals surface area contributed by atoms with Gasteiger partial charge in [0, 0.05) is 31.9 Å². The van der Waals surface area contributed by atoms with Crippen LogP contribution in [-0.4, -0.2) is 54.6 Å². The molecule has 174 valence electrons. The molecule has 0 bridgehead atoms. The molecule has 34 heavy (non-hydrogen) atoms. The number of amides is 3. The van der Waals surface area contributed by atoms with E-state index in [0.717, 1.165) is 37.5 Å². The number of benzene rings is 3. The maximum absolute atomic E-state index is 12.9. The fourth-order valence-electron chi connectivity index (χ4n) is 4.43. The number of ether oxygens (including phenoxy) is 1. The van der Waals surface area contributed by atoms with E-state index >= 15 is 0 Å². The van der Waals surface area contributed by atoms with Crippen molar-refractivity contribution in [2.24, 2.45) is 0 Å². The van der Waals surface area contributed by atoms with E-state index in [2.05, 4.69) is 27.2 Å². The Morgan fingerprint density at radius 2 is 1.47 bits per heavy atom. The standard InChI is InChI=1S/C27H28N4O3/c32-26-19-25(21-8-7-13-24(18-21)34-23-11-5-2-6-12-23)28-27(33)31(26)20-29-14-16-30(17-15-29)22-9-3-1-4-10-22/h1-13,18,25H,14-17,19-20H2,(H,28,33)/t25-/m0/s1. The number of nitrogens with zero attached hydrogens (tertiary/aromatic N) is 3. The zero-order valence-corrected chi connectivity index (χ0v) is 19.0. The highest BCUT2D eigenvalue weighted by atomic mass is 16.5. The Kier molecular flexibility index (Phi) is 6.44. The summed E-state index contributed by atoms with van der Waals surface area (Å²) < 4.78 is 5.91. The average molecular weight is 457 g/mol. The Balaban J connectivity index is 1.18. The van der Waals surface area contributed by atoms with E-state index in [9.17, 15) is 9.59 Å². The second-order valence-corrected chi connectivity index (χ2v) is 8.60. The SMILES string of the molecule is O=C1C[C@@H](c2cccc(Oc3ccccc3)c2)NC(=O)N1CN1CCN(c2ccccc2)CC1. The van der Waals surface area contributed by atoms with Crippen LogP contribution in [0.5, 0.6) is 11.5 Å². The summed E-state index contributed by atoms with van der Waals surface area (Å²) in [5, 5.41) is 3.00. The zero-order valence-electron chi connectivity index (χ0n) is 19.0. The first kappa shape index (κ1) is 22.0. The number of rotatable bonds is 6. The molecule has 5 rings (SSSR count). The number of carbonyl (C=O) groups is 2. The van der Waals surface area contributed by atoms with Gasteiger partial charge < -0.3 is 15.0 Å². The van der Waals surface area contributed by atoms with Crippen LogP contribution >= 0.6 is 0 Å². The number of hydrogen-bond donors (Lipinski definition) is 1. The minimum absolute atomic E-state index is 0.159. The summed E-state index contributed by atoms with van der Waals surface area (Å²) in [7, 11) is 0. The number of hydrogen-bond acceptors (Lipinski definition) is 5. The largest absolute Gasteiger partial charge is 0.457 e.